The molecule has 1 aliphatic heterocycles. The Kier molecular flexibility index (Phi) is 5.10. The summed E-state index contributed by atoms with van der Waals surface area (Å²) in [5.41, 5.74) is 6.43. The number of carbonyl (C=O) groups is 1. The van der Waals surface area contributed by atoms with Crippen LogP contribution in [0, 0.1) is 27.7 Å². The lowest BCUT2D eigenvalue weighted by Crippen LogP contribution is -2.61. The number of carbonyl (C=O) groups excluding carboxylic acids is 1. The van der Waals surface area contributed by atoms with E-state index in [1.54, 1.807) is 6.07 Å². The van der Waals surface area contributed by atoms with E-state index in [1.807, 2.05) is 30.0 Å². The molecule has 0 saturated carbocycles. The topological polar surface area (TPSA) is 29.5 Å². The van der Waals surface area contributed by atoms with E-state index in [9.17, 15) is 4.79 Å². The van der Waals surface area contributed by atoms with E-state index in [2.05, 4.69) is 57.2 Å². The molecule has 3 nitrogen and oxygen atoms in total. The van der Waals surface area contributed by atoms with Crippen LogP contribution in [0.1, 0.15) is 33.9 Å². The first-order valence-corrected chi connectivity index (χ1v) is 10.1. The molecule has 0 bridgehead atoms. The Bertz CT molecular complexity index is 1070. The van der Waals surface area contributed by atoms with Gasteiger partial charge in [0.25, 0.3) is 5.91 Å². The Labute approximate surface area is 176 Å². The summed E-state index contributed by atoms with van der Waals surface area (Å²) < 4.78 is 6.20. The number of amides is 1. The number of anilines is 1. The summed E-state index contributed by atoms with van der Waals surface area (Å²) in [7, 11) is 0. The first kappa shape index (κ1) is 19.5. The number of β-lactam (4-membered cyclic amide) rings is 1. The summed E-state index contributed by atoms with van der Waals surface area (Å²) in [6.45, 7) is 8.13. The number of nitrogens with zero attached hydrogens (tertiary/aromatic N) is 1. The molecule has 0 aromatic heterocycles. The Morgan fingerprint density at radius 1 is 0.828 bits per heavy atom. The van der Waals surface area contributed by atoms with Gasteiger partial charge in [-0.2, -0.15) is 0 Å². The number of ether oxygens (including phenoxy) is 1. The number of benzene rings is 3. The zero-order chi connectivity index (χ0) is 20.7. The highest BCUT2D eigenvalue weighted by molar-refractivity contribution is 6.30. The van der Waals surface area contributed by atoms with Gasteiger partial charge in [-0.1, -0.05) is 47.5 Å². The van der Waals surface area contributed by atoms with Gasteiger partial charge >= 0.3 is 0 Å². The average molecular weight is 406 g/mol. The Hall–Kier alpha value is -2.78. The van der Waals surface area contributed by atoms with Crippen molar-refractivity contribution in [2.24, 2.45) is 0 Å². The minimum Gasteiger partial charge on any atom is -0.478 e. The van der Waals surface area contributed by atoms with Gasteiger partial charge in [-0.3, -0.25) is 9.69 Å². The van der Waals surface area contributed by atoms with Crippen molar-refractivity contribution in [2.75, 3.05) is 4.90 Å². The van der Waals surface area contributed by atoms with Gasteiger partial charge in [-0.25, -0.2) is 0 Å². The van der Waals surface area contributed by atoms with Crippen LogP contribution < -0.4 is 9.64 Å². The maximum absolute atomic E-state index is 13.2. The summed E-state index contributed by atoms with van der Waals surface area (Å²) >= 11 is 6.07. The van der Waals surface area contributed by atoms with Crippen LogP contribution >= 0.6 is 11.6 Å². The van der Waals surface area contributed by atoms with Gasteiger partial charge in [0.05, 0.1) is 0 Å². The van der Waals surface area contributed by atoms with E-state index in [0.717, 1.165) is 22.4 Å². The van der Waals surface area contributed by atoms with Crippen molar-refractivity contribution in [3.63, 3.8) is 0 Å². The standard InChI is InChI=1S/C25H24ClNO2/c1-15-5-8-19(9-6-15)23-24(29-22-12-10-20(26)13-18(22)4)25(28)27(23)21-11-7-16(2)17(3)14-21/h5-14,23-24H,1-4H3/t23-,24+/m1/s1. The minimum atomic E-state index is -0.570. The molecule has 1 aliphatic rings. The highest BCUT2D eigenvalue weighted by Crippen LogP contribution is 2.42. The molecule has 1 fully saturated rings. The second kappa shape index (κ2) is 7.57. The highest BCUT2D eigenvalue weighted by atomic mass is 35.5. The predicted octanol–water partition coefficient (Wildman–Crippen LogP) is 6.11. The number of hydrogen-bond donors (Lipinski definition) is 0. The van der Waals surface area contributed by atoms with Crippen molar-refractivity contribution in [2.45, 2.75) is 39.8 Å². The molecule has 4 rings (SSSR count). The smallest absolute Gasteiger partial charge is 0.271 e. The molecule has 0 spiro atoms. The van der Waals surface area contributed by atoms with E-state index < -0.39 is 6.10 Å². The van der Waals surface area contributed by atoms with E-state index >= 15 is 0 Å². The monoisotopic (exact) mass is 405 g/mol. The van der Waals surface area contributed by atoms with Crippen molar-refractivity contribution in [1.82, 2.24) is 0 Å². The van der Waals surface area contributed by atoms with E-state index in [-0.39, 0.29) is 11.9 Å². The van der Waals surface area contributed by atoms with Gasteiger partial charge in [-0.05, 0) is 80.3 Å². The third-order valence-electron chi connectivity index (χ3n) is 5.62. The largest absolute Gasteiger partial charge is 0.478 e. The number of halogens is 1. The van der Waals surface area contributed by atoms with Crippen molar-refractivity contribution in [1.29, 1.82) is 0 Å². The number of hydrogen-bond acceptors (Lipinski definition) is 2. The van der Waals surface area contributed by atoms with Crippen molar-refractivity contribution >= 4 is 23.2 Å². The zero-order valence-electron chi connectivity index (χ0n) is 17.1. The fourth-order valence-corrected chi connectivity index (χ4v) is 3.94. The van der Waals surface area contributed by atoms with Gasteiger partial charge in [0.15, 0.2) is 0 Å². The molecule has 4 heteroatoms. The van der Waals surface area contributed by atoms with E-state index in [1.165, 1.54) is 11.1 Å². The second-order valence-corrected chi connectivity index (χ2v) is 8.22. The lowest BCUT2D eigenvalue weighted by atomic mass is 9.88. The normalized spacial score (nSPS) is 18.5. The molecule has 0 unspecified atom stereocenters. The Morgan fingerprint density at radius 3 is 2.21 bits per heavy atom. The molecule has 2 atom stereocenters. The quantitative estimate of drug-likeness (QED) is 0.490. The summed E-state index contributed by atoms with van der Waals surface area (Å²) in [5.74, 6) is 0.651. The summed E-state index contributed by atoms with van der Waals surface area (Å²) in [5, 5.41) is 0.654. The minimum absolute atomic E-state index is 0.0341. The highest BCUT2D eigenvalue weighted by Gasteiger charge is 2.51. The van der Waals surface area contributed by atoms with Crippen LogP contribution in [-0.4, -0.2) is 12.0 Å². The molecule has 1 amide bonds. The average Bonchev–Trinajstić information content (AvgIpc) is 2.68. The molecule has 1 saturated heterocycles. The molecule has 3 aromatic carbocycles. The summed E-state index contributed by atoms with van der Waals surface area (Å²) in [6.07, 6.45) is -0.570. The number of aryl methyl sites for hydroxylation is 4. The molecule has 0 N–H and O–H groups in total. The SMILES string of the molecule is Cc1ccc([C@@H]2[C@H](Oc3ccc(Cl)cc3C)C(=O)N2c2ccc(C)c(C)c2)cc1. The van der Waals surface area contributed by atoms with E-state index in [0.29, 0.717) is 10.8 Å². The maximum atomic E-state index is 13.2. The third-order valence-corrected chi connectivity index (χ3v) is 5.86. The second-order valence-electron chi connectivity index (χ2n) is 7.78. The van der Waals surface area contributed by atoms with Gasteiger partial charge in [0, 0.05) is 10.7 Å². The molecule has 3 aromatic rings. The Balaban J connectivity index is 1.71. The fourth-order valence-electron chi connectivity index (χ4n) is 3.71. The first-order chi connectivity index (χ1) is 13.8. The molecular formula is C25H24ClNO2. The van der Waals surface area contributed by atoms with Crippen molar-refractivity contribution in [3.8, 4) is 5.75 Å². The molecule has 148 valence electrons. The lowest BCUT2D eigenvalue weighted by molar-refractivity contribution is -0.135. The van der Waals surface area contributed by atoms with Gasteiger partial charge in [0.2, 0.25) is 6.10 Å². The summed E-state index contributed by atoms with van der Waals surface area (Å²) in [4.78, 5) is 15.0. The third kappa shape index (κ3) is 3.63. The van der Waals surface area contributed by atoms with E-state index in [4.69, 9.17) is 16.3 Å². The van der Waals surface area contributed by atoms with Gasteiger partial charge in [-0.15, -0.1) is 0 Å². The van der Waals surface area contributed by atoms with Crippen LogP contribution in [0.4, 0.5) is 5.69 Å². The molecule has 29 heavy (non-hydrogen) atoms. The van der Waals surface area contributed by atoms with Crippen LogP contribution in [0.15, 0.2) is 60.7 Å². The van der Waals surface area contributed by atoms with Gasteiger partial charge in [0.1, 0.15) is 11.8 Å². The fraction of sp³-hybridized carbons (Fsp3) is 0.240. The van der Waals surface area contributed by atoms with Crippen molar-refractivity contribution < 1.29 is 9.53 Å². The lowest BCUT2D eigenvalue weighted by Gasteiger charge is -2.47. The van der Waals surface area contributed by atoms with Crippen LogP contribution in [0.2, 0.25) is 5.02 Å². The zero-order valence-corrected chi connectivity index (χ0v) is 17.8. The molecule has 1 heterocycles. The van der Waals surface area contributed by atoms with Crippen LogP contribution in [0.3, 0.4) is 0 Å². The molecular weight excluding hydrogens is 382 g/mol. The Morgan fingerprint density at radius 2 is 1.55 bits per heavy atom. The first-order valence-electron chi connectivity index (χ1n) is 9.75. The van der Waals surface area contributed by atoms with Crippen LogP contribution in [0.25, 0.3) is 0 Å². The predicted molar refractivity (Wildman–Crippen MR) is 118 cm³/mol. The number of rotatable bonds is 4. The van der Waals surface area contributed by atoms with Crippen LogP contribution in [0.5, 0.6) is 5.75 Å². The molecule has 0 aliphatic carbocycles. The van der Waals surface area contributed by atoms with Crippen molar-refractivity contribution in [3.05, 3.63) is 93.5 Å². The van der Waals surface area contributed by atoms with Gasteiger partial charge < -0.3 is 4.74 Å². The maximum Gasteiger partial charge on any atom is 0.271 e. The molecule has 0 radical (unpaired) electrons. The summed E-state index contributed by atoms with van der Waals surface area (Å²) in [6, 6.07) is 19.7. The van der Waals surface area contributed by atoms with Crippen LogP contribution in [-0.2, 0) is 4.79 Å².